The fourth-order valence-electron chi connectivity index (χ4n) is 16.6. The molecule has 0 aliphatic rings. The van der Waals surface area contributed by atoms with Crippen LogP contribution in [0.3, 0.4) is 0 Å². The number of ether oxygens (including phenoxy) is 6. The van der Waals surface area contributed by atoms with Crippen molar-refractivity contribution < 1.29 is 71.6 Å². The Hall–Kier alpha value is -4.62. The number of allylic oxidation sites excluding steroid dienone is 3. The van der Waals surface area contributed by atoms with Crippen molar-refractivity contribution in [1.82, 2.24) is 29.4 Å². The highest BCUT2D eigenvalue weighted by Gasteiger charge is 2.23. The molecular weight excluding hydrogens is 1850 g/mol. The van der Waals surface area contributed by atoms with E-state index in [2.05, 4.69) is 95.2 Å². The number of carbonyl (C=O) groups is 9. The Kier molecular flexibility index (Phi) is 113. The van der Waals surface area contributed by atoms with E-state index in [4.69, 9.17) is 28.4 Å². The van der Waals surface area contributed by atoms with E-state index in [1.54, 1.807) is 0 Å². The maximum Gasteiger partial charge on any atom is 0.306 e. The third-order valence-electron chi connectivity index (χ3n) is 25.8. The first-order valence-electron chi connectivity index (χ1n) is 59.2. The van der Waals surface area contributed by atoms with Crippen LogP contribution in [-0.2, 0) is 57.2 Å². The topological polar surface area (TPSA) is 228 Å². The molecule has 840 valence electrons. The lowest BCUT2D eigenvalue weighted by Crippen LogP contribution is -2.31. The highest BCUT2D eigenvalue weighted by atomic mass is 32.2. The third kappa shape index (κ3) is 107. The SMILES string of the molecule is CCCCCC/C=C\COC(=O)CCCCCCCN(CCCC(=O)OC(CCCCCC)CCCCCC)C(=O)SCCN(C)C.CCCCCC/C=C\COC(=O)CCCCCCCN(CCCC(=O)OC(CCCCCCC)CCCCCCC)C(=O)SCCN(C)C.CCCCCC/C=C\COC(=O)CCCCCN(CCCCCC(=O)OC(CCCCCC)CCCCCC)C(=O)SCCN(C)C. The van der Waals surface area contributed by atoms with Gasteiger partial charge in [-0.25, -0.2) is 0 Å². The van der Waals surface area contributed by atoms with Gasteiger partial charge in [0.05, 0.1) is 0 Å². The summed E-state index contributed by atoms with van der Waals surface area (Å²) in [5.41, 5.74) is 0. The zero-order chi connectivity index (χ0) is 106. The second-order valence-electron chi connectivity index (χ2n) is 40.7. The second kappa shape index (κ2) is 113. The number of nitrogens with zero attached hydrogens (tertiary/aromatic N) is 6. The molecule has 0 rings (SSSR count). The van der Waals surface area contributed by atoms with E-state index in [1.165, 1.54) is 241 Å². The summed E-state index contributed by atoms with van der Waals surface area (Å²) in [6, 6.07) is 0. The molecule has 143 heavy (non-hydrogen) atoms. The lowest BCUT2D eigenvalue weighted by molar-refractivity contribution is -0.151. The molecule has 0 aromatic carbocycles. The molecule has 0 unspecified atom stereocenters. The molecule has 0 aliphatic carbocycles. The third-order valence-corrected chi connectivity index (χ3v) is 28.5. The highest BCUT2D eigenvalue weighted by Crippen LogP contribution is 2.25. The molecule has 0 aromatic heterocycles. The Balaban J connectivity index is -0.00000206. The van der Waals surface area contributed by atoms with E-state index in [0.29, 0.717) is 110 Å². The Morgan fingerprint density at radius 3 is 0.622 bits per heavy atom. The van der Waals surface area contributed by atoms with E-state index >= 15 is 0 Å². The van der Waals surface area contributed by atoms with Crippen LogP contribution < -0.4 is 0 Å². The van der Waals surface area contributed by atoms with Crippen molar-refractivity contribution in [3.05, 3.63) is 36.5 Å². The number of carbonyl (C=O) groups excluding carboxylic acids is 9. The molecule has 3 amide bonds. The minimum Gasteiger partial charge on any atom is -0.462 e. The van der Waals surface area contributed by atoms with Crippen LogP contribution in [0.1, 0.15) is 518 Å². The molecule has 0 spiro atoms. The van der Waals surface area contributed by atoms with Gasteiger partial charge in [-0.05, 0) is 222 Å². The average molecular weight is 2080 g/mol. The Morgan fingerprint density at radius 1 is 0.203 bits per heavy atom. The number of hydrogen-bond acceptors (Lipinski definition) is 21. The lowest BCUT2D eigenvalue weighted by atomic mass is 10.0. The number of unbranched alkanes of at least 4 members (excludes halogenated alkanes) is 44. The van der Waals surface area contributed by atoms with Crippen molar-refractivity contribution >= 4 is 86.8 Å². The summed E-state index contributed by atoms with van der Waals surface area (Å²) in [5, 5.41) is 0.328. The van der Waals surface area contributed by atoms with Crippen LogP contribution in [0.2, 0.25) is 0 Å². The maximum absolute atomic E-state index is 13.1. The highest BCUT2D eigenvalue weighted by molar-refractivity contribution is 8.14. The lowest BCUT2D eigenvalue weighted by Gasteiger charge is -2.23. The van der Waals surface area contributed by atoms with Gasteiger partial charge in [0, 0.05) is 115 Å². The second-order valence-corrected chi connectivity index (χ2v) is 43.9. The van der Waals surface area contributed by atoms with Gasteiger partial charge in [0.1, 0.15) is 38.1 Å². The van der Waals surface area contributed by atoms with Gasteiger partial charge in [-0.2, -0.15) is 0 Å². The molecular formula is C119H226N6O15S3. The molecule has 0 radical (unpaired) electrons. The van der Waals surface area contributed by atoms with E-state index < -0.39 is 0 Å². The van der Waals surface area contributed by atoms with Gasteiger partial charge in [0.2, 0.25) is 0 Å². The van der Waals surface area contributed by atoms with Gasteiger partial charge >= 0.3 is 35.8 Å². The summed E-state index contributed by atoms with van der Waals surface area (Å²) in [6.07, 6.45) is 86.1. The molecule has 0 heterocycles. The number of thioether (sulfide) groups is 3. The Labute approximate surface area is 893 Å². The first kappa shape index (κ1) is 142. The van der Waals surface area contributed by atoms with Crippen LogP contribution in [-0.4, -0.2) is 238 Å². The van der Waals surface area contributed by atoms with Crippen molar-refractivity contribution in [1.29, 1.82) is 0 Å². The Bertz CT molecular complexity index is 2930. The summed E-state index contributed by atoms with van der Waals surface area (Å²) in [6.45, 7) is 27.6. The van der Waals surface area contributed by atoms with Gasteiger partial charge in [-0.15, -0.1) is 0 Å². The largest absolute Gasteiger partial charge is 0.462 e. The fourth-order valence-corrected chi connectivity index (χ4v) is 19.6. The minimum atomic E-state index is -0.148. The number of amides is 3. The number of esters is 6. The van der Waals surface area contributed by atoms with Gasteiger partial charge in [0.25, 0.3) is 15.7 Å². The van der Waals surface area contributed by atoms with Crippen LogP contribution >= 0.6 is 35.3 Å². The van der Waals surface area contributed by atoms with Crippen LogP contribution in [0.5, 0.6) is 0 Å². The van der Waals surface area contributed by atoms with Gasteiger partial charge < -0.3 is 57.8 Å². The van der Waals surface area contributed by atoms with E-state index in [9.17, 15) is 43.2 Å². The van der Waals surface area contributed by atoms with E-state index in [0.717, 1.165) is 236 Å². The van der Waals surface area contributed by atoms with E-state index in [1.807, 2.05) is 75.2 Å². The van der Waals surface area contributed by atoms with Crippen LogP contribution in [0.15, 0.2) is 36.5 Å². The molecule has 0 atom stereocenters. The summed E-state index contributed by atoms with van der Waals surface area (Å²) >= 11 is 4.13. The van der Waals surface area contributed by atoms with E-state index in [-0.39, 0.29) is 69.8 Å². The molecule has 21 nitrogen and oxygen atoms in total. The smallest absolute Gasteiger partial charge is 0.306 e. The zero-order valence-corrected chi connectivity index (χ0v) is 98.0. The van der Waals surface area contributed by atoms with Crippen molar-refractivity contribution in [2.24, 2.45) is 0 Å². The van der Waals surface area contributed by atoms with Crippen molar-refractivity contribution in [2.45, 2.75) is 537 Å². The molecule has 0 saturated heterocycles. The summed E-state index contributed by atoms with van der Waals surface area (Å²) in [4.78, 5) is 126. The summed E-state index contributed by atoms with van der Waals surface area (Å²) in [7, 11) is 12.1. The first-order valence-corrected chi connectivity index (χ1v) is 62.2. The summed E-state index contributed by atoms with van der Waals surface area (Å²) in [5.74, 6) is 1.60. The van der Waals surface area contributed by atoms with Crippen LogP contribution in [0, 0.1) is 0 Å². The van der Waals surface area contributed by atoms with Gasteiger partial charge in [-0.1, -0.05) is 372 Å². The van der Waals surface area contributed by atoms with Gasteiger partial charge in [-0.3, -0.25) is 43.2 Å². The predicted octanol–water partition coefficient (Wildman–Crippen LogP) is 33.0. The molecule has 0 bridgehead atoms. The predicted molar refractivity (Wildman–Crippen MR) is 613 cm³/mol. The molecule has 0 saturated carbocycles. The van der Waals surface area contributed by atoms with Crippen molar-refractivity contribution in [2.75, 3.05) is 138 Å². The average Bonchev–Trinajstić information content (AvgIpc) is 0.940. The molecule has 0 aliphatic heterocycles. The summed E-state index contributed by atoms with van der Waals surface area (Å²) < 4.78 is 33.9. The molecule has 0 aromatic rings. The van der Waals surface area contributed by atoms with Crippen LogP contribution in [0.4, 0.5) is 14.4 Å². The zero-order valence-electron chi connectivity index (χ0n) is 95.5. The first-order chi connectivity index (χ1) is 69.5. The minimum absolute atomic E-state index is 0.0267. The number of rotatable bonds is 101. The van der Waals surface area contributed by atoms with Gasteiger partial charge in [0.15, 0.2) is 0 Å². The molecule has 0 N–H and O–H groups in total. The number of hydrogen-bond donors (Lipinski definition) is 0. The Morgan fingerprint density at radius 2 is 0.385 bits per heavy atom. The maximum atomic E-state index is 13.1. The molecule has 24 heteroatoms. The fraction of sp³-hybridized carbons (Fsp3) is 0.874. The standard InChI is InChI=1S/C41H78N2O5S.2C39H74N2O5S/c1-6-9-12-15-16-22-27-36-47-39(44)31-25-20-17-21-26-33-43(41(46)49-37-35-42(4)5)34-28-32-40(45)48-38(29-23-18-13-10-7-2)30-24-19-14-11-8-3;1-6-9-12-15-16-20-25-34-45-37(42)29-23-18-17-19-24-31-41(39(44)47-35-33-40(4)5)32-26-30-38(43)46-36(27-21-13-10-7-2)28-22-14-11-8-3;1-6-9-12-15-16-17-26-34-45-37(42)29-22-18-24-31-41(39(44)47-35-33-40(4)5)32-25-19-23-30-38(43)46-36(27-20-13-10-7-2)28-21-14-11-8-3/h22,27,38H,6-21,23-26,28-37H2,1-5H3;20,25,36H,6-19,21-24,26-35H2,1-5H3;17,26,36H,6-16,18-25,27-35H2,1-5H3/b27-22-;25-20-;26-17-. The normalized spacial score (nSPS) is 11.6. The van der Waals surface area contributed by atoms with Crippen molar-refractivity contribution in [3.8, 4) is 0 Å². The van der Waals surface area contributed by atoms with Crippen molar-refractivity contribution in [3.63, 3.8) is 0 Å². The van der Waals surface area contributed by atoms with Crippen LogP contribution in [0.25, 0.3) is 0 Å². The monoisotopic (exact) mass is 2080 g/mol. The quantitative estimate of drug-likeness (QED) is 0.0238. The molecule has 0 fully saturated rings.